The smallest absolute Gasteiger partial charge is 0.258 e. The van der Waals surface area contributed by atoms with Crippen LogP contribution in [0.5, 0.6) is 0 Å². The highest BCUT2D eigenvalue weighted by Gasteiger charge is 2.23. The third kappa shape index (κ3) is 3.56. The number of halogens is 1. The van der Waals surface area contributed by atoms with Gasteiger partial charge in [0, 0.05) is 16.5 Å². The van der Waals surface area contributed by atoms with Crippen molar-refractivity contribution in [3.63, 3.8) is 0 Å². The number of hydrogen-bond acceptors (Lipinski definition) is 2. The van der Waals surface area contributed by atoms with E-state index in [9.17, 15) is 10.1 Å². The molecule has 1 aliphatic carbocycles. The molecule has 1 saturated carbocycles. The Labute approximate surface area is 122 Å². The van der Waals surface area contributed by atoms with E-state index in [0.717, 1.165) is 17.5 Å². The minimum Gasteiger partial charge on any atom is -0.258 e. The van der Waals surface area contributed by atoms with Gasteiger partial charge in [-0.15, -0.1) is 0 Å². The second-order valence-corrected chi connectivity index (χ2v) is 6.61. The van der Waals surface area contributed by atoms with Gasteiger partial charge in [-0.25, -0.2) is 0 Å². The van der Waals surface area contributed by atoms with E-state index in [1.165, 1.54) is 32.1 Å². The molecule has 0 heterocycles. The van der Waals surface area contributed by atoms with Crippen LogP contribution in [0.3, 0.4) is 0 Å². The third-order valence-corrected chi connectivity index (χ3v) is 5.37. The van der Waals surface area contributed by atoms with Crippen molar-refractivity contribution < 1.29 is 4.92 Å². The molecular weight excluding hydrogens is 306 g/mol. The van der Waals surface area contributed by atoms with Gasteiger partial charge in [-0.3, -0.25) is 10.1 Å². The summed E-state index contributed by atoms with van der Waals surface area (Å²) in [5, 5.41) is 11.0. The van der Waals surface area contributed by atoms with E-state index in [-0.39, 0.29) is 10.6 Å². The fourth-order valence-corrected chi connectivity index (χ4v) is 3.72. The molecule has 104 valence electrons. The standard InChI is InChI=1S/C15H20BrNO2/c1-11-12(7-5-9-15(11)17(18)19)10-13-6-3-2-4-8-14(13)16/h5,7,9,13-14H,2-4,6,8,10H2,1H3. The first kappa shape index (κ1) is 14.5. The maximum atomic E-state index is 11.0. The molecule has 1 fully saturated rings. The second kappa shape index (κ2) is 6.51. The van der Waals surface area contributed by atoms with Gasteiger partial charge in [-0.2, -0.15) is 0 Å². The summed E-state index contributed by atoms with van der Waals surface area (Å²) in [5.74, 6) is 0.600. The average molecular weight is 326 g/mol. The van der Waals surface area contributed by atoms with Gasteiger partial charge in [0.1, 0.15) is 0 Å². The van der Waals surface area contributed by atoms with E-state index < -0.39 is 0 Å². The number of nitro benzene ring substituents is 1. The zero-order valence-electron chi connectivity index (χ0n) is 11.3. The lowest BCUT2D eigenvalue weighted by Crippen LogP contribution is -2.16. The fraction of sp³-hybridized carbons (Fsp3) is 0.600. The summed E-state index contributed by atoms with van der Waals surface area (Å²) >= 11 is 3.80. The first-order valence-electron chi connectivity index (χ1n) is 6.96. The maximum absolute atomic E-state index is 11.0. The van der Waals surface area contributed by atoms with Crippen LogP contribution in [-0.4, -0.2) is 9.75 Å². The predicted octanol–water partition coefficient (Wildman–Crippen LogP) is 4.79. The third-order valence-electron chi connectivity index (χ3n) is 4.16. The zero-order valence-corrected chi connectivity index (χ0v) is 12.9. The molecule has 0 radical (unpaired) electrons. The molecule has 0 amide bonds. The Morgan fingerprint density at radius 3 is 2.79 bits per heavy atom. The molecule has 1 aliphatic rings. The van der Waals surface area contributed by atoms with Gasteiger partial charge in [-0.1, -0.05) is 47.3 Å². The lowest BCUT2D eigenvalue weighted by molar-refractivity contribution is -0.385. The Morgan fingerprint density at radius 2 is 2.05 bits per heavy atom. The number of benzene rings is 1. The number of hydrogen-bond donors (Lipinski definition) is 0. The summed E-state index contributed by atoms with van der Waals surface area (Å²) < 4.78 is 0. The van der Waals surface area contributed by atoms with E-state index in [1.54, 1.807) is 12.1 Å². The molecule has 0 aromatic heterocycles. The van der Waals surface area contributed by atoms with Gasteiger partial charge in [0.25, 0.3) is 5.69 Å². The van der Waals surface area contributed by atoms with Crippen LogP contribution in [0.4, 0.5) is 5.69 Å². The van der Waals surface area contributed by atoms with Gasteiger partial charge in [0.15, 0.2) is 0 Å². The zero-order chi connectivity index (χ0) is 13.8. The van der Waals surface area contributed by atoms with Crippen LogP contribution in [0.2, 0.25) is 0 Å². The minimum atomic E-state index is -0.280. The van der Waals surface area contributed by atoms with E-state index in [0.29, 0.717) is 10.7 Å². The van der Waals surface area contributed by atoms with E-state index >= 15 is 0 Å². The summed E-state index contributed by atoms with van der Waals surface area (Å²) in [4.78, 5) is 11.3. The van der Waals surface area contributed by atoms with Gasteiger partial charge in [0.2, 0.25) is 0 Å². The lowest BCUT2D eigenvalue weighted by atomic mass is 9.90. The van der Waals surface area contributed by atoms with E-state index in [1.807, 2.05) is 13.0 Å². The molecule has 3 nitrogen and oxygen atoms in total. The molecule has 0 spiro atoms. The Morgan fingerprint density at radius 1 is 1.32 bits per heavy atom. The van der Waals surface area contributed by atoms with Crippen LogP contribution in [0.1, 0.15) is 43.2 Å². The van der Waals surface area contributed by atoms with Crippen molar-refractivity contribution in [3.05, 3.63) is 39.4 Å². The van der Waals surface area contributed by atoms with Gasteiger partial charge in [-0.05, 0) is 37.7 Å². The molecule has 2 rings (SSSR count). The summed E-state index contributed by atoms with van der Waals surface area (Å²) in [6.07, 6.45) is 7.27. The monoisotopic (exact) mass is 325 g/mol. The van der Waals surface area contributed by atoms with Crippen molar-refractivity contribution in [2.45, 2.75) is 50.3 Å². The summed E-state index contributed by atoms with van der Waals surface area (Å²) in [7, 11) is 0. The SMILES string of the molecule is Cc1c(CC2CCCCCC2Br)cccc1[N+](=O)[O-]. The first-order chi connectivity index (χ1) is 9.09. The Balaban J connectivity index is 2.18. The highest BCUT2D eigenvalue weighted by molar-refractivity contribution is 9.09. The molecule has 2 unspecified atom stereocenters. The maximum Gasteiger partial charge on any atom is 0.272 e. The van der Waals surface area contributed by atoms with E-state index in [2.05, 4.69) is 15.9 Å². The van der Waals surface area contributed by atoms with Crippen LogP contribution in [0.25, 0.3) is 0 Å². The van der Waals surface area contributed by atoms with Crippen molar-refractivity contribution in [2.75, 3.05) is 0 Å². The molecule has 4 heteroatoms. The molecule has 0 N–H and O–H groups in total. The second-order valence-electron chi connectivity index (χ2n) is 5.44. The van der Waals surface area contributed by atoms with Crippen molar-refractivity contribution in [2.24, 2.45) is 5.92 Å². The molecule has 19 heavy (non-hydrogen) atoms. The van der Waals surface area contributed by atoms with Gasteiger partial charge >= 0.3 is 0 Å². The van der Waals surface area contributed by atoms with Crippen molar-refractivity contribution in [3.8, 4) is 0 Å². The number of nitrogens with zero attached hydrogens (tertiary/aromatic N) is 1. The minimum absolute atomic E-state index is 0.247. The molecule has 0 bridgehead atoms. The predicted molar refractivity (Wildman–Crippen MR) is 80.8 cm³/mol. The average Bonchev–Trinajstić information content (AvgIpc) is 2.57. The Bertz CT molecular complexity index is 461. The quantitative estimate of drug-likeness (QED) is 0.347. The summed E-state index contributed by atoms with van der Waals surface area (Å²) in [6, 6.07) is 5.44. The molecule has 1 aromatic rings. The van der Waals surface area contributed by atoms with Gasteiger partial charge < -0.3 is 0 Å². The largest absolute Gasteiger partial charge is 0.272 e. The Hall–Kier alpha value is -0.900. The molecular formula is C15H20BrNO2. The highest BCUT2D eigenvalue weighted by atomic mass is 79.9. The molecule has 2 atom stereocenters. The van der Waals surface area contributed by atoms with Crippen molar-refractivity contribution in [1.29, 1.82) is 0 Å². The number of rotatable bonds is 3. The summed E-state index contributed by atoms with van der Waals surface area (Å²) in [6.45, 7) is 1.87. The van der Waals surface area contributed by atoms with E-state index in [4.69, 9.17) is 0 Å². The van der Waals surface area contributed by atoms with Crippen LogP contribution in [-0.2, 0) is 6.42 Å². The summed E-state index contributed by atoms with van der Waals surface area (Å²) in [5.41, 5.74) is 2.21. The lowest BCUT2D eigenvalue weighted by Gasteiger charge is -2.20. The normalized spacial score (nSPS) is 23.9. The van der Waals surface area contributed by atoms with Crippen molar-refractivity contribution >= 4 is 21.6 Å². The van der Waals surface area contributed by atoms with Crippen molar-refractivity contribution in [1.82, 2.24) is 0 Å². The Kier molecular flexibility index (Phi) is 4.97. The van der Waals surface area contributed by atoms with Crippen LogP contribution < -0.4 is 0 Å². The number of alkyl halides is 1. The van der Waals surface area contributed by atoms with Crippen LogP contribution in [0.15, 0.2) is 18.2 Å². The molecule has 0 saturated heterocycles. The topological polar surface area (TPSA) is 43.1 Å². The van der Waals surface area contributed by atoms with Crippen LogP contribution in [0, 0.1) is 23.0 Å². The number of nitro groups is 1. The van der Waals surface area contributed by atoms with Crippen LogP contribution >= 0.6 is 15.9 Å². The fourth-order valence-electron chi connectivity index (χ4n) is 2.94. The highest BCUT2D eigenvalue weighted by Crippen LogP contribution is 2.33. The van der Waals surface area contributed by atoms with Gasteiger partial charge in [0.05, 0.1) is 4.92 Å². The molecule has 0 aliphatic heterocycles. The molecule has 1 aromatic carbocycles. The first-order valence-corrected chi connectivity index (χ1v) is 7.88.